The fourth-order valence-electron chi connectivity index (χ4n) is 1.82. The van der Waals surface area contributed by atoms with E-state index in [4.69, 9.17) is 9.47 Å². The molecular formula is C13H15NO4. The van der Waals surface area contributed by atoms with Crippen LogP contribution in [0.25, 0.3) is 5.57 Å². The number of nitro benzene ring substituents is 1. The highest BCUT2D eigenvalue weighted by atomic mass is 16.6. The number of nitro groups is 1. The first kappa shape index (κ1) is 12.6. The van der Waals surface area contributed by atoms with Crippen molar-refractivity contribution in [3.8, 4) is 5.75 Å². The van der Waals surface area contributed by atoms with Crippen LogP contribution in [0, 0.1) is 10.1 Å². The van der Waals surface area contributed by atoms with Gasteiger partial charge in [-0.15, -0.1) is 0 Å². The van der Waals surface area contributed by atoms with Gasteiger partial charge in [0.1, 0.15) is 5.75 Å². The first-order valence-electron chi connectivity index (χ1n) is 5.80. The average Bonchev–Trinajstić information content (AvgIpc) is 2.81. The van der Waals surface area contributed by atoms with Gasteiger partial charge in [0.25, 0.3) is 5.69 Å². The maximum atomic E-state index is 10.8. The molecule has 0 spiro atoms. The molecule has 0 aromatic heterocycles. The average molecular weight is 249 g/mol. The largest absolute Gasteiger partial charge is 0.490 e. The first-order valence-corrected chi connectivity index (χ1v) is 5.80. The molecule has 18 heavy (non-hydrogen) atoms. The van der Waals surface area contributed by atoms with Crippen LogP contribution in [0.1, 0.15) is 19.4 Å². The van der Waals surface area contributed by atoms with Crippen molar-refractivity contribution in [3.05, 3.63) is 40.0 Å². The number of hydrogen-bond donors (Lipinski definition) is 0. The molecule has 0 aliphatic carbocycles. The maximum absolute atomic E-state index is 10.8. The minimum absolute atomic E-state index is 0.0336. The van der Waals surface area contributed by atoms with Gasteiger partial charge in [0.2, 0.25) is 0 Å². The van der Waals surface area contributed by atoms with Crippen LogP contribution >= 0.6 is 0 Å². The van der Waals surface area contributed by atoms with E-state index in [1.807, 2.05) is 19.9 Å². The highest BCUT2D eigenvalue weighted by molar-refractivity contribution is 5.73. The summed E-state index contributed by atoms with van der Waals surface area (Å²) >= 11 is 0. The Labute approximate surface area is 105 Å². The van der Waals surface area contributed by atoms with Crippen LogP contribution in [-0.4, -0.2) is 24.2 Å². The molecule has 1 aliphatic rings. The summed E-state index contributed by atoms with van der Waals surface area (Å²) in [4.78, 5) is 10.4. The molecule has 0 unspecified atom stereocenters. The molecule has 2 rings (SSSR count). The topological polar surface area (TPSA) is 61.6 Å². The number of rotatable bonds is 4. The minimum Gasteiger partial charge on any atom is -0.490 e. The van der Waals surface area contributed by atoms with Gasteiger partial charge in [-0.2, -0.15) is 0 Å². The summed E-state index contributed by atoms with van der Waals surface area (Å²) in [6.07, 6.45) is 1.93. The SMILES string of the molecule is CC(C)Oc1cc([N+](=O)[O-])ccc1C1=CCOC1. The number of non-ortho nitro benzene ring substituents is 1. The molecule has 1 aromatic carbocycles. The van der Waals surface area contributed by atoms with Crippen molar-refractivity contribution < 1.29 is 14.4 Å². The van der Waals surface area contributed by atoms with Crippen LogP contribution in [-0.2, 0) is 4.74 Å². The normalized spacial score (nSPS) is 14.7. The number of nitrogens with zero attached hydrogens (tertiary/aromatic N) is 1. The third-order valence-corrected chi connectivity index (χ3v) is 2.59. The lowest BCUT2D eigenvalue weighted by molar-refractivity contribution is -0.384. The third-order valence-electron chi connectivity index (χ3n) is 2.59. The first-order chi connectivity index (χ1) is 8.58. The molecule has 0 N–H and O–H groups in total. The van der Waals surface area contributed by atoms with E-state index in [0.29, 0.717) is 19.0 Å². The number of ether oxygens (including phenoxy) is 2. The summed E-state index contributed by atoms with van der Waals surface area (Å²) < 4.78 is 10.9. The van der Waals surface area contributed by atoms with Crippen LogP contribution in [0.5, 0.6) is 5.75 Å². The summed E-state index contributed by atoms with van der Waals surface area (Å²) in [7, 11) is 0. The second kappa shape index (κ2) is 5.18. The van der Waals surface area contributed by atoms with E-state index in [2.05, 4.69) is 0 Å². The Bertz CT molecular complexity index is 494. The standard InChI is InChI=1S/C13H15NO4/c1-9(2)18-13-7-11(14(15)16)3-4-12(13)10-5-6-17-8-10/h3-5,7,9H,6,8H2,1-2H3. The maximum Gasteiger partial charge on any atom is 0.273 e. The van der Waals surface area contributed by atoms with Gasteiger partial charge in [-0.3, -0.25) is 10.1 Å². The quantitative estimate of drug-likeness (QED) is 0.608. The van der Waals surface area contributed by atoms with Crippen LogP contribution in [0.3, 0.4) is 0 Å². The van der Waals surface area contributed by atoms with Crippen LogP contribution in [0.2, 0.25) is 0 Å². The second-order valence-electron chi connectivity index (χ2n) is 4.35. The second-order valence-corrected chi connectivity index (χ2v) is 4.35. The molecule has 0 atom stereocenters. The molecule has 1 aliphatic heterocycles. The molecule has 0 amide bonds. The van der Waals surface area contributed by atoms with Gasteiger partial charge in [-0.25, -0.2) is 0 Å². The Morgan fingerprint density at radius 2 is 2.22 bits per heavy atom. The molecule has 0 radical (unpaired) electrons. The number of hydrogen-bond acceptors (Lipinski definition) is 4. The summed E-state index contributed by atoms with van der Waals surface area (Å²) in [6, 6.07) is 4.67. The summed E-state index contributed by atoms with van der Waals surface area (Å²) in [5.41, 5.74) is 1.92. The fourth-order valence-corrected chi connectivity index (χ4v) is 1.82. The smallest absolute Gasteiger partial charge is 0.273 e. The van der Waals surface area contributed by atoms with Crippen molar-refractivity contribution in [1.82, 2.24) is 0 Å². The van der Waals surface area contributed by atoms with Crippen molar-refractivity contribution in [2.45, 2.75) is 20.0 Å². The molecule has 1 aromatic rings. The van der Waals surface area contributed by atoms with Gasteiger partial charge in [0, 0.05) is 11.6 Å². The van der Waals surface area contributed by atoms with Crippen molar-refractivity contribution in [1.29, 1.82) is 0 Å². The predicted octanol–water partition coefficient (Wildman–Crippen LogP) is 2.80. The lowest BCUT2D eigenvalue weighted by Crippen LogP contribution is -2.08. The van der Waals surface area contributed by atoms with Crippen molar-refractivity contribution in [2.75, 3.05) is 13.2 Å². The molecule has 1 heterocycles. The Morgan fingerprint density at radius 3 is 2.78 bits per heavy atom. The monoisotopic (exact) mass is 249 g/mol. The van der Waals surface area contributed by atoms with E-state index < -0.39 is 4.92 Å². The van der Waals surface area contributed by atoms with Crippen LogP contribution in [0.15, 0.2) is 24.3 Å². The van der Waals surface area contributed by atoms with Crippen molar-refractivity contribution >= 4 is 11.3 Å². The molecule has 0 saturated carbocycles. The van der Waals surface area contributed by atoms with E-state index >= 15 is 0 Å². The molecule has 0 fully saturated rings. The molecule has 0 bridgehead atoms. The van der Waals surface area contributed by atoms with Gasteiger partial charge in [-0.05, 0) is 25.5 Å². The number of benzene rings is 1. The van der Waals surface area contributed by atoms with E-state index in [1.54, 1.807) is 6.07 Å². The van der Waals surface area contributed by atoms with Gasteiger partial charge >= 0.3 is 0 Å². The van der Waals surface area contributed by atoms with E-state index in [0.717, 1.165) is 11.1 Å². The lowest BCUT2D eigenvalue weighted by atomic mass is 10.1. The lowest BCUT2D eigenvalue weighted by Gasteiger charge is -2.14. The minimum atomic E-state index is -0.420. The van der Waals surface area contributed by atoms with Gasteiger partial charge in [0.15, 0.2) is 0 Å². The summed E-state index contributed by atoms with van der Waals surface area (Å²) in [5.74, 6) is 0.538. The fraction of sp³-hybridized carbons (Fsp3) is 0.385. The third kappa shape index (κ3) is 2.68. The summed E-state index contributed by atoms with van der Waals surface area (Å²) in [5, 5.41) is 10.8. The van der Waals surface area contributed by atoms with Crippen molar-refractivity contribution in [3.63, 3.8) is 0 Å². The zero-order valence-electron chi connectivity index (χ0n) is 10.4. The Hall–Kier alpha value is -1.88. The highest BCUT2D eigenvalue weighted by Gasteiger charge is 2.17. The Kier molecular flexibility index (Phi) is 3.62. The zero-order valence-corrected chi connectivity index (χ0v) is 10.4. The highest BCUT2D eigenvalue weighted by Crippen LogP contribution is 2.32. The van der Waals surface area contributed by atoms with Gasteiger partial charge in [0.05, 0.1) is 30.3 Å². The van der Waals surface area contributed by atoms with Gasteiger partial charge in [-0.1, -0.05) is 6.08 Å². The molecule has 0 saturated heterocycles. The van der Waals surface area contributed by atoms with Crippen LogP contribution in [0.4, 0.5) is 5.69 Å². The molecule has 5 heteroatoms. The zero-order chi connectivity index (χ0) is 13.1. The summed E-state index contributed by atoms with van der Waals surface area (Å²) in [6.45, 7) is 4.88. The molecule has 96 valence electrons. The van der Waals surface area contributed by atoms with E-state index in [-0.39, 0.29) is 11.8 Å². The van der Waals surface area contributed by atoms with Crippen LogP contribution < -0.4 is 4.74 Å². The predicted molar refractivity (Wildman–Crippen MR) is 67.7 cm³/mol. The molecular weight excluding hydrogens is 234 g/mol. The van der Waals surface area contributed by atoms with E-state index in [9.17, 15) is 10.1 Å². The van der Waals surface area contributed by atoms with Crippen molar-refractivity contribution in [2.24, 2.45) is 0 Å². The van der Waals surface area contributed by atoms with E-state index in [1.165, 1.54) is 12.1 Å². The van der Waals surface area contributed by atoms with Gasteiger partial charge < -0.3 is 9.47 Å². The Morgan fingerprint density at radius 1 is 1.44 bits per heavy atom. The molecule has 5 nitrogen and oxygen atoms in total. The Balaban J connectivity index is 2.41.